The number of allylic oxidation sites excluding steroid dienone is 1. The zero-order valence-electron chi connectivity index (χ0n) is 22.3. The predicted octanol–water partition coefficient (Wildman–Crippen LogP) is 7.98. The smallest absolute Gasteiger partial charge is 0.417 e. The molecule has 2 atom stereocenters. The Morgan fingerprint density at radius 1 is 1.08 bits per heavy atom. The highest BCUT2D eigenvalue weighted by molar-refractivity contribution is 5.76. The summed E-state index contributed by atoms with van der Waals surface area (Å²) in [6.07, 6.45) is -8.46. The Bertz CT molecular complexity index is 1300. The van der Waals surface area contributed by atoms with Crippen LogP contribution in [0.25, 0.3) is 5.57 Å². The van der Waals surface area contributed by atoms with Crippen LogP contribution in [0.1, 0.15) is 74.0 Å². The summed E-state index contributed by atoms with van der Waals surface area (Å²) < 4.78 is 91.7. The van der Waals surface area contributed by atoms with Crippen molar-refractivity contribution in [1.82, 2.24) is 9.88 Å². The van der Waals surface area contributed by atoms with E-state index in [1.54, 1.807) is 13.0 Å². The Morgan fingerprint density at radius 2 is 1.74 bits per heavy atom. The maximum Gasteiger partial charge on any atom is 0.417 e. The van der Waals surface area contributed by atoms with E-state index in [-0.39, 0.29) is 29.0 Å². The molecule has 0 spiro atoms. The summed E-state index contributed by atoms with van der Waals surface area (Å²) in [6, 6.07) is 3.96. The molecular formula is C28H30F6N2O3. The molecular weight excluding hydrogens is 526 g/mol. The molecule has 39 heavy (non-hydrogen) atoms. The first-order valence-corrected chi connectivity index (χ1v) is 12.5. The minimum Gasteiger partial charge on any atom is -0.481 e. The lowest BCUT2D eigenvalue weighted by Gasteiger charge is -2.35. The van der Waals surface area contributed by atoms with E-state index in [2.05, 4.69) is 4.98 Å². The summed E-state index contributed by atoms with van der Waals surface area (Å²) in [7, 11) is 1.33. The number of amides is 1. The lowest BCUT2D eigenvalue weighted by atomic mass is 9.72. The number of alkyl halides is 6. The van der Waals surface area contributed by atoms with Crippen LogP contribution in [0.3, 0.4) is 0 Å². The summed E-state index contributed by atoms with van der Waals surface area (Å²) in [5.74, 6) is 0.0459. The standard InChI is InChI=1S/C28H30F6N2O3/c1-15-8-17(10-19(9-15)27(29,30)31)23-16(2)36(25(37)39-23)14-18-12-26(3,4)7-6-21(18)22-11-20(28(32,33)34)13-35-24(22)38-5/h8-11,13,16,23H,6-7,12,14H2,1-5H3/t16-,23-/m0/s1. The fourth-order valence-electron chi connectivity index (χ4n) is 5.38. The summed E-state index contributed by atoms with van der Waals surface area (Å²) in [5.41, 5.74) is 0.233. The molecule has 2 aliphatic rings. The Kier molecular flexibility index (Phi) is 7.42. The van der Waals surface area contributed by atoms with Crippen molar-refractivity contribution in [1.29, 1.82) is 0 Å². The number of hydrogen-bond donors (Lipinski definition) is 0. The van der Waals surface area contributed by atoms with E-state index in [1.165, 1.54) is 18.9 Å². The van der Waals surface area contributed by atoms with Gasteiger partial charge in [-0.15, -0.1) is 0 Å². The van der Waals surface area contributed by atoms with Gasteiger partial charge in [0.1, 0.15) is 6.10 Å². The fourth-order valence-corrected chi connectivity index (χ4v) is 5.38. The van der Waals surface area contributed by atoms with Crippen LogP contribution in [0.2, 0.25) is 0 Å². The Balaban J connectivity index is 1.73. The third-order valence-corrected chi connectivity index (χ3v) is 7.38. The molecule has 0 unspecified atom stereocenters. The van der Waals surface area contributed by atoms with Crippen LogP contribution in [-0.4, -0.2) is 35.7 Å². The number of pyridine rings is 1. The summed E-state index contributed by atoms with van der Waals surface area (Å²) in [6.45, 7) is 7.34. The molecule has 2 heterocycles. The van der Waals surface area contributed by atoms with Gasteiger partial charge >= 0.3 is 18.4 Å². The van der Waals surface area contributed by atoms with Crippen molar-refractivity contribution in [2.24, 2.45) is 5.41 Å². The van der Waals surface area contributed by atoms with Gasteiger partial charge in [-0.05, 0) is 73.4 Å². The van der Waals surface area contributed by atoms with E-state index in [9.17, 15) is 31.1 Å². The topological polar surface area (TPSA) is 51.7 Å². The molecule has 0 bridgehead atoms. The maximum atomic E-state index is 13.5. The molecule has 1 amide bonds. The van der Waals surface area contributed by atoms with E-state index in [4.69, 9.17) is 9.47 Å². The van der Waals surface area contributed by atoms with Crippen LogP contribution in [0.5, 0.6) is 5.88 Å². The van der Waals surface area contributed by atoms with Crippen LogP contribution in [0.15, 0.2) is 36.0 Å². The lowest BCUT2D eigenvalue weighted by molar-refractivity contribution is -0.138. The van der Waals surface area contributed by atoms with Gasteiger partial charge in [0.05, 0.1) is 24.3 Å². The monoisotopic (exact) mass is 556 g/mol. The van der Waals surface area contributed by atoms with Crippen molar-refractivity contribution in [3.63, 3.8) is 0 Å². The Hall–Kier alpha value is -3.24. The molecule has 4 rings (SSSR count). The van der Waals surface area contributed by atoms with Gasteiger partial charge in [0.25, 0.3) is 0 Å². The van der Waals surface area contributed by atoms with Crippen molar-refractivity contribution >= 4 is 11.7 Å². The van der Waals surface area contributed by atoms with Gasteiger partial charge in [0.2, 0.25) is 5.88 Å². The van der Waals surface area contributed by atoms with Crippen LogP contribution < -0.4 is 4.74 Å². The molecule has 0 radical (unpaired) electrons. The summed E-state index contributed by atoms with van der Waals surface area (Å²) >= 11 is 0. The first-order chi connectivity index (χ1) is 18.0. The van der Waals surface area contributed by atoms with Gasteiger partial charge in [-0.3, -0.25) is 4.90 Å². The van der Waals surface area contributed by atoms with E-state index >= 15 is 0 Å². The minimum absolute atomic E-state index is 0.0459. The van der Waals surface area contributed by atoms with Crippen LogP contribution in [-0.2, 0) is 17.1 Å². The van der Waals surface area contributed by atoms with Gasteiger partial charge in [-0.2, -0.15) is 26.3 Å². The highest BCUT2D eigenvalue weighted by atomic mass is 19.4. The van der Waals surface area contributed by atoms with E-state index in [1.807, 2.05) is 13.8 Å². The van der Waals surface area contributed by atoms with Gasteiger partial charge in [-0.25, -0.2) is 9.78 Å². The average molecular weight is 557 g/mol. The third kappa shape index (κ3) is 6.01. The van der Waals surface area contributed by atoms with Crippen molar-refractivity contribution in [3.05, 3.63) is 63.9 Å². The fraction of sp³-hybridized carbons (Fsp3) is 0.500. The molecule has 1 aliphatic carbocycles. The zero-order valence-corrected chi connectivity index (χ0v) is 22.3. The number of aromatic nitrogens is 1. The number of halogens is 6. The average Bonchev–Trinajstić information content (AvgIpc) is 3.10. The molecule has 0 saturated carbocycles. The first-order valence-electron chi connectivity index (χ1n) is 12.5. The van der Waals surface area contributed by atoms with Crippen LogP contribution >= 0.6 is 0 Å². The van der Waals surface area contributed by atoms with E-state index in [0.717, 1.165) is 30.0 Å². The number of carbonyl (C=O) groups excluding carboxylic acids is 1. The third-order valence-electron chi connectivity index (χ3n) is 7.38. The van der Waals surface area contributed by atoms with Crippen molar-refractivity contribution in [2.75, 3.05) is 13.7 Å². The molecule has 5 nitrogen and oxygen atoms in total. The molecule has 11 heteroatoms. The Labute approximate surface area is 222 Å². The van der Waals surface area contributed by atoms with Crippen LogP contribution in [0, 0.1) is 12.3 Å². The van der Waals surface area contributed by atoms with Gasteiger partial charge < -0.3 is 9.47 Å². The van der Waals surface area contributed by atoms with Gasteiger partial charge in [0, 0.05) is 18.3 Å². The lowest BCUT2D eigenvalue weighted by Crippen LogP contribution is -2.35. The quantitative estimate of drug-likeness (QED) is 0.351. The van der Waals surface area contributed by atoms with Gasteiger partial charge in [0.15, 0.2) is 0 Å². The highest BCUT2D eigenvalue weighted by Gasteiger charge is 2.43. The van der Waals surface area contributed by atoms with Gasteiger partial charge in [-0.1, -0.05) is 25.5 Å². The molecule has 1 saturated heterocycles. The largest absolute Gasteiger partial charge is 0.481 e. The van der Waals surface area contributed by atoms with Crippen molar-refractivity contribution < 1.29 is 40.6 Å². The van der Waals surface area contributed by atoms with Crippen molar-refractivity contribution in [3.8, 4) is 5.88 Å². The number of cyclic esters (lactones) is 1. The second kappa shape index (κ2) is 10.1. The second-order valence-corrected chi connectivity index (χ2v) is 11.0. The molecule has 2 aromatic rings. The molecule has 1 fully saturated rings. The van der Waals surface area contributed by atoms with E-state index < -0.39 is 41.7 Å². The SMILES string of the molecule is COc1ncc(C(F)(F)F)cc1C1=C(CN2C(=O)O[C@H](c3cc(C)cc(C(F)(F)F)c3)[C@@H]2C)CC(C)(C)CC1. The minimum atomic E-state index is -4.60. The number of hydrogen-bond acceptors (Lipinski definition) is 4. The highest BCUT2D eigenvalue weighted by Crippen LogP contribution is 2.46. The molecule has 1 aromatic heterocycles. The van der Waals surface area contributed by atoms with Crippen LogP contribution in [0.4, 0.5) is 31.1 Å². The number of nitrogens with zero attached hydrogens (tertiary/aromatic N) is 2. The second-order valence-electron chi connectivity index (χ2n) is 11.0. The normalized spacial score (nSPS) is 21.8. The number of methoxy groups -OCH3 is 1. The molecule has 212 valence electrons. The number of rotatable bonds is 5. The molecule has 1 aromatic carbocycles. The maximum absolute atomic E-state index is 13.5. The predicted molar refractivity (Wildman–Crippen MR) is 132 cm³/mol. The van der Waals surface area contributed by atoms with E-state index in [0.29, 0.717) is 30.4 Å². The zero-order chi connectivity index (χ0) is 28.9. The molecule has 1 aliphatic heterocycles. The first kappa shape index (κ1) is 28.8. The van der Waals surface area contributed by atoms with Crippen molar-refractivity contribution in [2.45, 2.75) is 71.5 Å². The number of ether oxygens (including phenoxy) is 2. The number of carbonyl (C=O) groups is 1. The molecule has 0 N–H and O–H groups in total. The Morgan fingerprint density at radius 3 is 2.36 bits per heavy atom. The summed E-state index contributed by atoms with van der Waals surface area (Å²) in [4.78, 5) is 18.3. The summed E-state index contributed by atoms with van der Waals surface area (Å²) in [5, 5.41) is 0. The number of benzene rings is 1. The number of aryl methyl sites for hydroxylation is 1.